The SMILES string of the molecule is CC(C)OCCN(C)c1cnc(C(C)C)nc1CN. The molecule has 19 heavy (non-hydrogen) atoms. The molecule has 1 aromatic rings. The summed E-state index contributed by atoms with van der Waals surface area (Å²) in [5.74, 6) is 1.16. The Kier molecular flexibility index (Phi) is 6.18. The van der Waals surface area contributed by atoms with Crippen molar-refractivity contribution in [2.75, 3.05) is 25.1 Å². The van der Waals surface area contributed by atoms with Crippen molar-refractivity contribution in [1.29, 1.82) is 0 Å². The maximum atomic E-state index is 5.79. The predicted molar refractivity (Wildman–Crippen MR) is 78.4 cm³/mol. The zero-order valence-corrected chi connectivity index (χ0v) is 12.7. The van der Waals surface area contributed by atoms with Crippen molar-refractivity contribution in [2.24, 2.45) is 5.73 Å². The van der Waals surface area contributed by atoms with Crippen LogP contribution < -0.4 is 10.6 Å². The lowest BCUT2D eigenvalue weighted by molar-refractivity contribution is 0.0846. The number of hydrogen-bond acceptors (Lipinski definition) is 5. The number of aromatic nitrogens is 2. The molecule has 0 amide bonds. The second kappa shape index (κ2) is 7.40. The number of anilines is 1. The fourth-order valence-electron chi connectivity index (χ4n) is 1.72. The normalized spacial score (nSPS) is 11.4. The minimum absolute atomic E-state index is 0.252. The van der Waals surface area contributed by atoms with Gasteiger partial charge in [0.2, 0.25) is 0 Å². The van der Waals surface area contributed by atoms with Crippen LogP contribution in [-0.4, -0.2) is 36.3 Å². The highest BCUT2D eigenvalue weighted by atomic mass is 16.5. The minimum Gasteiger partial charge on any atom is -0.377 e. The molecule has 5 nitrogen and oxygen atoms in total. The number of nitrogens with zero attached hydrogens (tertiary/aromatic N) is 3. The van der Waals surface area contributed by atoms with Crippen LogP contribution in [0.2, 0.25) is 0 Å². The van der Waals surface area contributed by atoms with Gasteiger partial charge in [-0.3, -0.25) is 0 Å². The molecule has 0 bridgehead atoms. The quantitative estimate of drug-likeness (QED) is 0.817. The van der Waals surface area contributed by atoms with E-state index in [9.17, 15) is 0 Å². The van der Waals surface area contributed by atoms with Gasteiger partial charge in [-0.25, -0.2) is 9.97 Å². The Labute approximate surface area is 116 Å². The topological polar surface area (TPSA) is 64.3 Å². The van der Waals surface area contributed by atoms with E-state index >= 15 is 0 Å². The van der Waals surface area contributed by atoms with Gasteiger partial charge in [-0.05, 0) is 13.8 Å². The molecule has 108 valence electrons. The van der Waals surface area contributed by atoms with Gasteiger partial charge in [-0.15, -0.1) is 0 Å². The summed E-state index contributed by atoms with van der Waals surface area (Å²) >= 11 is 0. The van der Waals surface area contributed by atoms with Crippen LogP contribution in [0, 0.1) is 0 Å². The van der Waals surface area contributed by atoms with E-state index in [4.69, 9.17) is 10.5 Å². The lowest BCUT2D eigenvalue weighted by Crippen LogP contribution is -2.26. The first kappa shape index (κ1) is 15.9. The second-order valence-electron chi connectivity index (χ2n) is 5.26. The maximum absolute atomic E-state index is 5.79. The molecular weight excluding hydrogens is 240 g/mol. The van der Waals surface area contributed by atoms with Crippen LogP contribution in [0.5, 0.6) is 0 Å². The Bertz CT molecular complexity index is 393. The zero-order chi connectivity index (χ0) is 14.4. The molecular formula is C14H26N4O. The molecule has 0 fully saturated rings. The van der Waals surface area contributed by atoms with Gasteiger partial charge in [-0.1, -0.05) is 13.8 Å². The molecule has 0 aromatic carbocycles. The van der Waals surface area contributed by atoms with E-state index in [1.165, 1.54) is 0 Å². The van der Waals surface area contributed by atoms with Crippen molar-refractivity contribution in [3.05, 3.63) is 17.7 Å². The van der Waals surface area contributed by atoms with Crippen molar-refractivity contribution < 1.29 is 4.74 Å². The fourth-order valence-corrected chi connectivity index (χ4v) is 1.72. The lowest BCUT2D eigenvalue weighted by Gasteiger charge is -2.22. The Morgan fingerprint density at radius 1 is 1.32 bits per heavy atom. The number of hydrogen-bond donors (Lipinski definition) is 1. The van der Waals surface area contributed by atoms with E-state index in [-0.39, 0.29) is 6.10 Å². The van der Waals surface area contributed by atoms with Crippen LogP contribution in [0.1, 0.15) is 45.1 Å². The third-order valence-electron chi connectivity index (χ3n) is 2.86. The third-order valence-corrected chi connectivity index (χ3v) is 2.86. The summed E-state index contributed by atoms with van der Waals surface area (Å²) in [7, 11) is 2.01. The van der Waals surface area contributed by atoms with E-state index in [1.807, 2.05) is 27.1 Å². The monoisotopic (exact) mass is 266 g/mol. The molecule has 0 aliphatic heterocycles. The standard InChI is InChI=1S/C14H26N4O/c1-10(2)14-16-9-13(12(8-15)17-14)18(5)6-7-19-11(3)4/h9-11H,6-8,15H2,1-5H3. The van der Waals surface area contributed by atoms with Crippen molar-refractivity contribution in [2.45, 2.75) is 46.3 Å². The van der Waals surface area contributed by atoms with Crippen LogP contribution >= 0.6 is 0 Å². The van der Waals surface area contributed by atoms with Crippen LogP contribution in [0.25, 0.3) is 0 Å². The Balaban J connectivity index is 2.76. The first-order valence-corrected chi connectivity index (χ1v) is 6.84. The van der Waals surface area contributed by atoms with E-state index < -0.39 is 0 Å². The highest BCUT2D eigenvalue weighted by molar-refractivity contribution is 5.48. The largest absolute Gasteiger partial charge is 0.377 e. The van der Waals surface area contributed by atoms with E-state index in [0.29, 0.717) is 19.1 Å². The molecule has 0 saturated heterocycles. The van der Waals surface area contributed by atoms with Crippen LogP contribution in [0.15, 0.2) is 6.20 Å². The minimum atomic E-state index is 0.252. The molecule has 0 aliphatic carbocycles. The summed E-state index contributed by atoms with van der Waals surface area (Å²) in [5.41, 5.74) is 7.67. The average molecular weight is 266 g/mol. The second-order valence-corrected chi connectivity index (χ2v) is 5.26. The first-order chi connectivity index (χ1) is 8.95. The van der Waals surface area contributed by atoms with Gasteiger partial charge in [-0.2, -0.15) is 0 Å². The predicted octanol–water partition coefficient (Wildman–Crippen LogP) is 1.92. The van der Waals surface area contributed by atoms with Gasteiger partial charge >= 0.3 is 0 Å². The Morgan fingerprint density at radius 3 is 2.53 bits per heavy atom. The van der Waals surface area contributed by atoms with E-state index in [0.717, 1.165) is 23.8 Å². The third kappa shape index (κ3) is 4.76. The molecule has 1 rings (SSSR count). The molecule has 0 spiro atoms. The van der Waals surface area contributed by atoms with Crippen molar-refractivity contribution in [3.63, 3.8) is 0 Å². The Hall–Kier alpha value is -1.20. The molecule has 2 N–H and O–H groups in total. The molecule has 0 atom stereocenters. The Morgan fingerprint density at radius 2 is 2.00 bits per heavy atom. The van der Waals surface area contributed by atoms with E-state index in [2.05, 4.69) is 28.7 Å². The number of ether oxygens (including phenoxy) is 1. The van der Waals surface area contributed by atoms with E-state index in [1.54, 1.807) is 0 Å². The fraction of sp³-hybridized carbons (Fsp3) is 0.714. The summed E-state index contributed by atoms with van der Waals surface area (Å²) in [6.07, 6.45) is 2.11. The van der Waals surface area contributed by atoms with Crippen molar-refractivity contribution in [1.82, 2.24) is 9.97 Å². The van der Waals surface area contributed by atoms with Gasteiger partial charge in [0.1, 0.15) is 5.82 Å². The first-order valence-electron chi connectivity index (χ1n) is 6.84. The smallest absolute Gasteiger partial charge is 0.131 e. The van der Waals surface area contributed by atoms with Gasteiger partial charge in [0.25, 0.3) is 0 Å². The molecule has 0 radical (unpaired) electrons. The number of rotatable bonds is 7. The highest BCUT2D eigenvalue weighted by Crippen LogP contribution is 2.18. The zero-order valence-electron chi connectivity index (χ0n) is 12.7. The summed E-state index contributed by atoms with van der Waals surface area (Å²) < 4.78 is 5.56. The highest BCUT2D eigenvalue weighted by Gasteiger charge is 2.12. The average Bonchev–Trinajstić information content (AvgIpc) is 2.37. The lowest BCUT2D eigenvalue weighted by atomic mass is 10.2. The molecule has 0 aliphatic rings. The summed E-state index contributed by atoms with van der Waals surface area (Å²) in [5, 5.41) is 0. The number of likely N-dealkylation sites (N-methyl/N-ethyl adjacent to an activating group) is 1. The molecule has 1 heterocycles. The molecule has 0 saturated carbocycles. The van der Waals surface area contributed by atoms with Crippen molar-refractivity contribution in [3.8, 4) is 0 Å². The van der Waals surface area contributed by atoms with Crippen LogP contribution in [0.4, 0.5) is 5.69 Å². The number of nitrogens with two attached hydrogens (primary N) is 1. The van der Waals surface area contributed by atoms with Gasteiger partial charge in [0, 0.05) is 26.1 Å². The molecule has 1 aromatic heterocycles. The van der Waals surface area contributed by atoms with Gasteiger partial charge in [0.05, 0.1) is 30.3 Å². The van der Waals surface area contributed by atoms with Gasteiger partial charge in [0.15, 0.2) is 0 Å². The maximum Gasteiger partial charge on any atom is 0.131 e. The van der Waals surface area contributed by atoms with Crippen LogP contribution in [0.3, 0.4) is 0 Å². The summed E-state index contributed by atoms with van der Waals surface area (Å²) in [4.78, 5) is 11.0. The van der Waals surface area contributed by atoms with Crippen molar-refractivity contribution >= 4 is 5.69 Å². The summed E-state index contributed by atoms with van der Waals surface area (Å²) in [6.45, 7) is 10.1. The summed E-state index contributed by atoms with van der Waals surface area (Å²) in [6, 6.07) is 0. The molecule has 0 unspecified atom stereocenters. The van der Waals surface area contributed by atoms with Crippen LogP contribution in [-0.2, 0) is 11.3 Å². The molecule has 5 heteroatoms. The van der Waals surface area contributed by atoms with Gasteiger partial charge < -0.3 is 15.4 Å².